The number of aliphatic carboxylic acids is 1. The molecule has 0 aliphatic heterocycles. The van der Waals surface area contributed by atoms with Crippen molar-refractivity contribution >= 4 is 40.9 Å². The molecule has 1 N–H and O–H groups in total. The van der Waals surface area contributed by atoms with E-state index in [1.807, 2.05) is 6.92 Å². The standard InChI is InChI=1S/C32H42O9/c1-15(11-18(34)12-16(2)28(39)40)19-13-23(37)32(8)24-20(35)14-21-29(4,5)22(36)9-10-30(21,6)25(24)26(38)27(31(19,32)7)41-17(3)33/h15-16,19,21,27H,9-14H2,1-8H3,(H,39,40)/t15-,16+,19-,21+,27-,30+,31+,32+/m1/s1. The van der Waals surface area contributed by atoms with E-state index in [4.69, 9.17) is 4.74 Å². The minimum Gasteiger partial charge on any atom is -0.481 e. The first-order valence-electron chi connectivity index (χ1n) is 14.6. The molecule has 2 saturated carbocycles. The van der Waals surface area contributed by atoms with Crippen LogP contribution in [0.3, 0.4) is 0 Å². The van der Waals surface area contributed by atoms with Crippen LogP contribution in [-0.4, -0.2) is 52.1 Å². The first kappa shape index (κ1) is 31.0. The molecular formula is C32H42O9. The van der Waals surface area contributed by atoms with Gasteiger partial charge in [-0.05, 0) is 31.1 Å². The summed E-state index contributed by atoms with van der Waals surface area (Å²) in [5.41, 5.74) is -4.09. The lowest BCUT2D eigenvalue weighted by atomic mass is 9.42. The van der Waals surface area contributed by atoms with Crippen molar-refractivity contribution in [3.05, 3.63) is 11.1 Å². The van der Waals surface area contributed by atoms with Gasteiger partial charge in [-0.1, -0.05) is 41.5 Å². The summed E-state index contributed by atoms with van der Waals surface area (Å²) in [6.45, 7) is 13.3. The molecule has 4 aliphatic rings. The van der Waals surface area contributed by atoms with Crippen molar-refractivity contribution in [1.82, 2.24) is 0 Å². The number of ether oxygens (including phenoxy) is 1. The van der Waals surface area contributed by atoms with Gasteiger partial charge in [0.15, 0.2) is 11.9 Å². The van der Waals surface area contributed by atoms with Crippen molar-refractivity contribution in [3.8, 4) is 0 Å². The molecule has 0 aromatic carbocycles. The van der Waals surface area contributed by atoms with Crippen LogP contribution in [0, 0.1) is 45.3 Å². The van der Waals surface area contributed by atoms with Gasteiger partial charge in [0.25, 0.3) is 0 Å². The Bertz CT molecular complexity index is 1300. The largest absolute Gasteiger partial charge is 0.481 e. The molecule has 224 valence electrons. The highest BCUT2D eigenvalue weighted by atomic mass is 16.5. The summed E-state index contributed by atoms with van der Waals surface area (Å²) in [7, 11) is 0. The fourth-order valence-electron chi connectivity index (χ4n) is 8.99. The minimum absolute atomic E-state index is 0.0157. The molecule has 0 aromatic heterocycles. The van der Waals surface area contributed by atoms with Gasteiger partial charge < -0.3 is 9.84 Å². The molecule has 0 unspecified atom stereocenters. The Hall–Kier alpha value is -2.97. The highest BCUT2D eigenvalue weighted by molar-refractivity contribution is 6.18. The molecule has 41 heavy (non-hydrogen) atoms. The molecule has 0 heterocycles. The fourth-order valence-corrected chi connectivity index (χ4v) is 8.99. The Morgan fingerprint density at radius 1 is 0.927 bits per heavy atom. The number of allylic oxidation sites excluding steroid dienone is 1. The maximum atomic E-state index is 14.6. The zero-order chi connectivity index (χ0) is 31.0. The average Bonchev–Trinajstić information content (AvgIpc) is 3.07. The van der Waals surface area contributed by atoms with Gasteiger partial charge in [-0.3, -0.25) is 33.6 Å². The monoisotopic (exact) mass is 570 g/mol. The summed E-state index contributed by atoms with van der Waals surface area (Å²) >= 11 is 0. The molecule has 0 aromatic rings. The number of carbonyl (C=O) groups excluding carboxylic acids is 6. The van der Waals surface area contributed by atoms with Crippen LogP contribution >= 0.6 is 0 Å². The number of rotatable bonds is 7. The highest BCUT2D eigenvalue weighted by Gasteiger charge is 2.74. The lowest BCUT2D eigenvalue weighted by Crippen LogP contribution is -2.64. The Balaban J connectivity index is 1.89. The van der Waals surface area contributed by atoms with Crippen molar-refractivity contribution in [2.75, 3.05) is 0 Å². The number of esters is 1. The second kappa shape index (κ2) is 9.80. The van der Waals surface area contributed by atoms with E-state index in [0.29, 0.717) is 6.42 Å². The van der Waals surface area contributed by atoms with Gasteiger partial charge >= 0.3 is 11.9 Å². The Morgan fingerprint density at radius 3 is 2.10 bits per heavy atom. The number of hydrogen-bond donors (Lipinski definition) is 1. The van der Waals surface area contributed by atoms with Crippen LogP contribution in [-0.2, 0) is 38.3 Å². The van der Waals surface area contributed by atoms with E-state index in [1.54, 1.807) is 34.6 Å². The van der Waals surface area contributed by atoms with Crippen molar-refractivity contribution in [3.63, 3.8) is 0 Å². The van der Waals surface area contributed by atoms with Crippen molar-refractivity contribution in [2.24, 2.45) is 45.3 Å². The third-order valence-electron chi connectivity index (χ3n) is 11.5. The van der Waals surface area contributed by atoms with Gasteiger partial charge in [-0.25, -0.2) is 0 Å². The topological polar surface area (TPSA) is 149 Å². The molecule has 4 aliphatic carbocycles. The van der Waals surface area contributed by atoms with Gasteiger partial charge in [0.2, 0.25) is 5.78 Å². The SMILES string of the molecule is CC(=O)O[C@@H]1C(=O)C2=C(C(=O)C[C@H]3C(C)(C)C(=O)CC[C@]23C)[C@]2(C)C(=O)C[C@H]([C@H](C)CC(=O)C[C@H](C)C(=O)O)[C@@]12C. The molecule has 0 radical (unpaired) electrons. The molecule has 0 spiro atoms. The zero-order valence-corrected chi connectivity index (χ0v) is 25.3. The summed E-state index contributed by atoms with van der Waals surface area (Å²) < 4.78 is 5.78. The minimum atomic E-state index is -1.46. The normalized spacial score (nSPS) is 37.6. The van der Waals surface area contributed by atoms with E-state index in [2.05, 4.69) is 0 Å². The van der Waals surface area contributed by atoms with Crippen LogP contribution in [0.15, 0.2) is 11.1 Å². The van der Waals surface area contributed by atoms with Gasteiger partial charge in [-0.15, -0.1) is 0 Å². The highest BCUT2D eigenvalue weighted by Crippen LogP contribution is 2.70. The van der Waals surface area contributed by atoms with Gasteiger partial charge in [0, 0.05) is 66.4 Å². The molecular weight excluding hydrogens is 528 g/mol. The second-order valence-corrected chi connectivity index (χ2v) is 14.2. The number of carboxylic acids is 1. The molecule has 4 rings (SSSR count). The van der Waals surface area contributed by atoms with E-state index < -0.39 is 69.2 Å². The predicted molar refractivity (Wildman–Crippen MR) is 146 cm³/mol. The Labute approximate surface area is 240 Å². The molecule has 0 bridgehead atoms. The average molecular weight is 571 g/mol. The molecule has 9 heteroatoms. The summed E-state index contributed by atoms with van der Waals surface area (Å²) in [6.07, 6.45) is -0.948. The number of carbonyl (C=O) groups is 7. The van der Waals surface area contributed by atoms with Crippen molar-refractivity contribution < 1.29 is 43.4 Å². The predicted octanol–water partition coefficient (Wildman–Crippen LogP) is 4.09. The summed E-state index contributed by atoms with van der Waals surface area (Å²) in [5.74, 6) is -5.46. The molecule has 9 nitrogen and oxygen atoms in total. The first-order chi connectivity index (χ1) is 18.8. The Kier molecular flexibility index (Phi) is 7.41. The molecule has 8 atom stereocenters. The third kappa shape index (κ3) is 4.20. The van der Waals surface area contributed by atoms with Gasteiger partial charge in [0.05, 0.1) is 11.3 Å². The van der Waals surface area contributed by atoms with Crippen LogP contribution in [0.5, 0.6) is 0 Å². The first-order valence-corrected chi connectivity index (χ1v) is 14.6. The second-order valence-electron chi connectivity index (χ2n) is 14.2. The molecule has 0 amide bonds. The molecule has 0 saturated heterocycles. The van der Waals surface area contributed by atoms with Crippen LogP contribution in [0.4, 0.5) is 0 Å². The van der Waals surface area contributed by atoms with E-state index >= 15 is 0 Å². The van der Waals surface area contributed by atoms with Crippen LogP contribution < -0.4 is 0 Å². The lowest BCUT2D eigenvalue weighted by molar-refractivity contribution is -0.175. The van der Waals surface area contributed by atoms with E-state index in [9.17, 15) is 38.7 Å². The van der Waals surface area contributed by atoms with Gasteiger partial charge in [-0.2, -0.15) is 0 Å². The van der Waals surface area contributed by atoms with Crippen molar-refractivity contribution in [1.29, 1.82) is 0 Å². The maximum absolute atomic E-state index is 14.6. The lowest BCUT2D eigenvalue weighted by Gasteiger charge is -2.59. The Morgan fingerprint density at radius 2 is 1.54 bits per heavy atom. The number of Topliss-reactive ketones (excluding diaryl/α,β-unsaturated/α-hetero) is 5. The quantitative estimate of drug-likeness (QED) is 0.447. The fraction of sp³-hybridized carbons (Fsp3) is 0.719. The van der Waals surface area contributed by atoms with Gasteiger partial charge in [0.1, 0.15) is 17.3 Å². The zero-order valence-electron chi connectivity index (χ0n) is 25.3. The van der Waals surface area contributed by atoms with Crippen molar-refractivity contribution in [2.45, 2.75) is 100 Å². The number of ketones is 5. The number of fused-ring (bicyclic) bond motifs is 4. The van der Waals surface area contributed by atoms with E-state index in [0.717, 1.165) is 0 Å². The number of hydrogen-bond acceptors (Lipinski definition) is 8. The maximum Gasteiger partial charge on any atom is 0.306 e. The van der Waals surface area contributed by atoms with Crippen LogP contribution in [0.2, 0.25) is 0 Å². The van der Waals surface area contributed by atoms with Crippen LogP contribution in [0.25, 0.3) is 0 Å². The summed E-state index contributed by atoms with van der Waals surface area (Å²) in [6, 6.07) is 0. The summed E-state index contributed by atoms with van der Waals surface area (Å²) in [4.78, 5) is 92.3. The number of carboxylic acid groups (broad SMARTS) is 1. The van der Waals surface area contributed by atoms with E-state index in [1.165, 1.54) is 13.8 Å². The molecule has 2 fully saturated rings. The third-order valence-corrected chi connectivity index (χ3v) is 11.5. The summed E-state index contributed by atoms with van der Waals surface area (Å²) in [5, 5.41) is 9.23. The van der Waals surface area contributed by atoms with E-state index in [-0.39, 0.29) is 66.4 Å². The van der Waals surface area contributed by atoms with Crippen LogP contribution in [0.1, 0.15) is 93.9 Å². The smallest absolute Gasteiger partial charge is 0.306 e.